The Labute approximate surface area is 110 Å². The number of nitrogens with zero attached hydrogens (tertiary/aromatic N) is 2. The van der Waals surface area contributed by atoms with Crippen LogP contribution in [0.1, 0.15) is 11.1 Å². The van der Waals surface area contributed by atoms with Gasteiger partial charge in [-0.2, -0.15) is 0 Å². The zero-order chi connectivity index (χ0) is 13.0. The maximum absolute atomic E-state index is 8.76. The van der Waals surface area contributed by atoms with Crippen molar-refractivity contribution >= 4 is 17.6 Å². The molecule has 0 spiro atoms. The first-order valence-corrected chi connectivity index (χ1v) is 6.20. The van der Waals surface area contributed by atoms with Crippen molar-refractivity contribution in [3.05, 3.63) is 53.7 Å². The molecule has 0 radical (unpaired) electrons. The number of rotatable bonds is 3. The highest BCUT2D eigenvalue weighted by Crippen LogP contribution is 2.30. The summed E-state index contributed by atoms with van der Waals surface area (Å²) >= 11 is 1.50. The van der Waals surface area contributed by atoms with Crippen molar-refractivity contribution in [3.63, 3.8) is 0 Å². The van der Waals surface area contributed by atoms with Gasteiger partial charge in [-0.15, -0.1) is 0 Å². The van der Waals surface area contributed by atoms with Gasteiger partial charge in [0, 0.05) is 11.1 Å². The Balaban J connectivity index is 2.38. The Bertz CT molecular complexity index is 584. The lowest BCUT2D eigenvalue weighted by atomic mass is 10.2. The standard InChI is InChI=1S/C13H13N3OS/c1-9-5-2-3-7-11(9)18-13-10(12(14)16-17)6-4-8-15-13/h2-8,17H,1H3,(H2,14,16). The fourth-order valence-corrected chi connectivity index (χ4v) is 2.48. The molecule has 92 valence electrons. The van der Waals surface area contributed by atoms with Gasteiger partial charge in [0.2, 0.25) is 0 Å². The van der Waals surface area contributed by atoms with Gasteiger partial charge in [-0.05, 0) is 30.7 Å². The summed E-state index contributed by atoms with van der Waals surface area (Å²) in [5.41, 5.74) is 7.43. The molecular weight excluding hydrogens is 246 g/mol. The molecule has 3 N–H and O–H groups in total. The summed E-state index contributed by atoms with van der Waals surface area (Å²) in [6.45, 7) is 2.04. The molecule has 4 nitrogen and oxygen atoms in total. The molecule has 1 aromatic carbocycles. The third-order valence-electron chi connectivity index (χ3n) is 2.46. The summed E-state index contributed by atoms with van der Waals surface area (Å²) in [6.07, 6.45) is 1.69. The van der Waals surface area contributed by atoms with E-state index in [4.69, 9.17) is 10.9 Å². The van der Waals surface area contributed by atoms with Crippen LogP contribution in [0.2, 0.25) is 0 Å². The predicted molar refractivity (Wildman–Crippen MR) is 72.0 cm³/mol. The van der Waals surface area contributed by atoms with Crippen LogP contribution >= 0.6 is 11.8 Å². The van der Waals surface area contributed by atoms with E-state index < -0.39 is 0 Å². The lowest BCUT2D eigenvalue weighted by molar-refractivity contribution is 0.318. The molecule has 1 heterocycles. The highest BCUT2D eigenvalue weighted by molar-refractivity contribution is 7.99. The van der Waals surface area contributed by atoms with Crippen molar-refractivity contribution in [2.75, 3.05) is 0 Å². The van der Waals surface area contributed by atoms with E-state index in [-0.39, 0.29) is 5.84 Å². The van der Waals surface area contributed by atoms with Crippen LogP contribution < -0.4 is 5.73 Å². The molecule has 0 aliphatic carbocycles. The van der Waals surface area contributed by atoms with Crippen LogP contribution in [0.15, 0.2) is 57.7 Å². The summed E-state index contributed by atoms with van der Waals surface area (Å²) in [4.78, 5) is 5.38. The van der Waals surface area contributed by atoms with Gasteiger partial charge in [-0.25, -0.2) is 4.98 Å². The van der Waals surface area contributed by atoms with E-state index in [0.29, 0.717) is 5.56 Å². The van der Waals surface area contributed by atoms with Gasteiger partial charge in [-0.3, -0.25) is 0 Å². The van der Waals surface area contributed by atoms with E-state index in [2.05, 4.69) is 10.1 Å². The molecule has 5 heteroatoms. The molecular formula is C13H13N3OS. The Hall–Kier alpha value is -2.01. The smallest absolute Gasteiger partial charge is 0.172 e. The Morgan fingerprint density at radius 2 is 2.06 bits per heavy atom. The van der Waals surface area contributed by atoms with Gasteiger partial charge in [0.1, 0.15) is 5.03 Å². The minimum Gasteiger partial charge on any atom is -0.409 e. The van der Waals surface area contributed by atoms with Crippen LogP contribution in [0.4, 0.5) is 0 Å². The Morgan fingerprint density at radius 1 is 1.28 bits per heavy atom. The van der Waals surface area contributed by atoms with Gasteiger partial charge in [0.25, 0.3) is 0 Å². The molecule has 0 atom stereocenters. The van der Waals surface area contributed by atoms with Gasteiger partial charge < -0.3 is 10.9 Å². The van der Waals surface area contributed by atoms with E-state index in [1.165, 1.54) is 17.3 Å². The summed E-state index contributed by atoms with van der Waals surface area (Å²) in [5.74, 6) is 0.0687. The van der Waals surface area contributed by atoms with Crippen LogP contribution in [0, 0.1) is 6.92 Å². The largest absolute Gasteiger partial charge is 0.409 e. The van der Waals surface area contributed by atoms with Crippen LogP contribution in [-0.2, 0) is 0 Å². The van der Waals surface area contributed by atoms with Crippen LogP contribution in [0.5, 0.6) is 0 Å². The molecule has 0 fully saturated rings. The monoisotopic (exact) mass is 259 g/mol. The number of aryl methyl sites for hydroxylation is 1. The second kappa shape index (κ2) is 5.55. The molecule has 0 bridgehead atoms. The third-order valence-corrected chi connectivity index (χ3v) is 3.65. The zero-order valence-corrected chi connectivity index (χ0v) is 10.7. The van der Waals surface area contributed by atoms with Crippen LogP contribution in [0.3, 0.4) is 0 Å². The number of aromatic nitrogens is 1. The van der Waals surface area contributed by atoms with Crippen molar-refractivity contribution in [2.24, 2.45) is 10.9 Å². The van der Waals surface area contributed by atoms with Crippen LogP contribution in [-0.4, -0.2) is 16.0 Å². The third kappa shape index (κ3) is 2.62. The number of hydrogen-bond donors (Lipinski definition) is 2. The molecule has 0 aliphatic rings. The van der Waals surface area contributed by atoms with E-state index in [0.717, 1.165) is 9.92 Å². The van der Waals surface area contributed by atoms with Crippen molar-refractivity contribution < 1.29 is 5.21 Å². The summed E-state index contributed by atoms with van der Waals surface area (Å²) in [5, 5.41) is 12.5. The first kappa shape index (κ1) is 12.4. The second-order valence-electron chi connectivity index (χ2n) is 3.71. The predicted octanol–water partition coefficient (Wildman–Crippen LogP) is 2.64. The molecule has 1 aromatic heterocycles. The topological polar surface area (TPSA) is 71.5 Å². The fourth-order valence-electron chi connectivity index (χ4n) is 1.50. The van der Waals surface area contributed by atoms with Gasteiger partial charge >= 0.3 is 0 Å². The SMILES string of the molecule is Cc1ccccc1Sc1ncccc1/C(N)=N/O. The first-order valence-electron chi connectivity index (χ1n) is 5.39. The normalized spacial score (nSPS) is 11.5. The molecule has 0 amide bonds. The molecule has 18 heavy (non-hydrogen) atoms. The zero-order valence-electron chi connectivity index (χ0n) is 9.87. The number of nitrogens with two attached hydrogens (primary N) is 1. The van der Waals surface area contributed by atoms with Gasteiger partial charge in [0.05, 0.1) is 5.56 Å². The highest BCUT2D eigenvalue weighted by Gasteiger charge is 2.10. The van der Waals surface area contributed by atoms with Crippen LogP contribution in [0.25, 0.3) is 0 Å². The number of amidine groups is 1. The number of benzene rings is 1. The summed E-state index contributed by atoms with van der Waals surface area (Å²) in [6, 6.07) is 11.6. The highest BCUT2D eigenvalue weighted by atomic mass is 32.2. The van der Waals surface area contributed by atoms with E-state index in [1.807, 2.05) is 31.2 Å². The lowest BCUT2D eigenvalue weighted by Crippen LogP contribution is -2.14. The maximum Gasteiger partial charge on any atom is 0.172 e. The summed E-state index contributed by atoms with van der Waals surface area (Å²) < 4.78 is 0. The molecule has 2 aromatic rings. The number of oxime groups is 1. The van der Waals surface area contributed by atoms with Crippen molar-refractivity contribution in [1.29, 1.82) is 0 Å². The van der Waals surface area contributed by atoms with Crippen molar-refractivity contribution in [2.45, 2.75) is 16.8 Å². The first-order chi connectivity index (χ1) is 8.72. The van der Waals surface area contributed by atoms with Crippen molar-refractivity contribution in [1.82, 2.24) is 4.98 Å². The van der Waals surface area contributed by atoms with E-state index in [1.54, 1.807) is 18.3 Å². The minimum absolute atomic E-state index is 0.0687. The average molecular weight is 259 g/mol. The van der Waals surface area contributed by atoms with Gasteiger partial charge in [-0.1, -0.05) is 35.1 Å². The molecule has 0 aliphatic heterocycles. The summed E-state index contributed by atoms with van der Waals surface area (Å²) in [7, 11) is 0. The van der Waals surface area contributed by atoms with Gasteiger partial charge in [0.15, 0.2) is 5.84 Å². The molecule has 0 unspecified atom stereocenters. The van der Waals surface area contributed by atoms with E-state index in [9.17, 15) is 0 Å². The fraction of sp³-hybridized carbons (Fsp3) is 0.0769. The Morgan fingerprint density at radius 3 is 2.78 bits per heavy atom. The lowest BCUT2D eigenvalue weighted by Gasteiger charge is -2.08. The molecule has 0 saturated carbocycles. The second-order valence-corrected chi connectivity index (χ2v) is 4.74. The molecule has 2 rings (SSSR count). The van der Waals surface area contributed by atoms with E-state index >= 15 is 0 Å². The minimum atomic E-state index is 0.0687. The molecule has 0 saturated heterocycles. The Kier molecular flexibility index (Phi) is 3.84. The maximum atomic E-state index is 8.76. The number of hydrogen-bond acceptors (Lipinski definition) is 4. The quantitative estimate of drug-likeness (QED) is 0.385. The van der Waals surface area contributed by atoms with Crippen molar-refractivity contribution in [3.8, 4) is 0 Å². The number of pyridine rings is 1. The average Bonchev–Trinajstić information content (AvgIpc) is 2.41.